The fraction of sp³-hybridized carbons (Fsp3) is 0.240. The van der Waals surface area contributed by atoms with Crippen LogP contribution in [-0.4, -0.2) is 33.5 Å². The van der Waals surface area contributed by atoms with Crippen LogP contribution in [0.5, 0.6) is 10.8 Å². The van der Waals surface area contributed by atoms with E-state index in [1.807, 2.05) is 31.2 Å². The molecule has 3 heterocycles. The van der Waals surface area contributed by atoms with Crippen LogP contribution in [0.1, 0.15) is 29.3 Å². The predicted octanol–water partition coefficient (Wildman–Crippen LogP) is 4.95. The topological polar surface area (TPSA) is 90.8 Å². The van der Waals surface area contributed by atoms with Crippen LogP contribution < -0.4 is 9.47 Å². The Hall–Kier alpha value is -3.27. The highest BCUT2D eigenvalue weighted by Gasteiger charge is 2.48. The van der Waals surface area contributed by atoms with Gasteiger partial charge in [-0.1, -0.05) is 13.0 Å². The van der Waals surface area contributed by atoms with Gasteiger partial charge in [-0.25, -0.2) is 4.79 Å². The lowest BCUT2D eigenvalue weighted by Crippen LogP contribution is -2.29. The van der Waals surface area contributed by atoms with E-state index in [0.29, 0.717) is 46.6 Å². The first-order valence-electron chi connectivity index (χ1n) is 10.8. The molecule has 2 aromatic heterocycles. The lowest BCUT2D eigenvalue weighted by molar-refractivity contribution is -0.185. The van der Waals surface area contributed by atoms with E-state index in [0.717, 1.165) is 33.6 Å². The molecule has 4 aromatic rings. The van der Waals surface area contributed by atoms with Crippen molar-refractivity contribution in [3.05, 3.63) is 76.2 Å². The number of hydrogen-bond donors (Lipinski definition) is 1. The van der Waals surface area contributed by atoms with Gasteiger partial charge in [0.25, 0.3) is 5.79 Å². The van der Waals surface area contributed by atoms with Gasteiger partial charge in [0.1, 0.15) is 16.8 Å². The van der Waals surface area contributed by atoms with Crippen LogP contribution in [0.4, 0.5) is 0 Å². The summed E-state index contributed by atoms with van der Waals surface area (Å²) in [5.41, 5.74) is 3.32. The molecule has 0 spiro atoms. The van der Waals surface area contributed by atoms with Crippen molar-refractivity contribution in [2.75, 3.05) is 13.7 Å². The van der Waals surface area contributed by atoms with Crippen LogP contribution in [-0.2, 0) is 21.7 Å². The van der Waals surface area contributed by atoms with Crippen molar-refractivity contribution in [1.82, 2.24) is 8.75 Å². The number of nitrogens with zero attached hydrogens (tertiary/aromatic N) is 2. The number of esters is 1. The Morgan fingerprint density at radius 3 is 2.59 bits per heavy atom. The van der Waals surface area contributed by atoms with E-state index in [4.69, 9.17) is 14.2 Å². The van der Waals surface area contributed by atoms with Gasteiger partial charge >= 0.3 is 5.97 Å². The van der Waals surface area contributed by atoms with Gasteiger partial charge in [-0.05, 0) is 60.5 Å². The number of hydrogen-bond acceptors (Lipinski definition) is 9. The first kappa shape index (κ1) is 22.5. The Kier molecular flexibility index (Phi) is 6.07. The molecule has 2 aromatic carbocycles. The molecule has 1 aliphatic rings. The minimum atomic E-state index is -1.91. The molecule has 0 bridgehead atoms. The summed E-state index contributed by atoms with van der Waals surface area (Å²) in [7, 11) is 1.61. The van der Waals surface area contributed by atoms with Crippen LogP contribution in [0.25, 0.3) is 16.6 Å². The van der Waals surface area contributed by atoms with E-state index < -0.39 is 11.8 Å². The van der Waals surface area contributed by atoms with Crippen molar-refractivity contribution >= 4 is 45.6 Å². The Morgan fingerprint density at radius 1 is 1.06 bits per heavy atom. The molecule has 0 fully saturated rings. The smallest absolute Gasteiger partial charge is 0.342 e. The summed E-state index contributed by atoms with van der Waals surface area (Å²) in [6.07, 6.45) is 1.20. The quantitative estimate of drug-likeness (QED) is 0.347. The number of carbonyl (C=O) groups excluding carboxylic acids is 1. The zero-order valence-electron chi connectivity index (χ0n) is 18.6. The first-order chi connectivity index (χ1) is 16.5. The molecular formula is C25H22N2O5S2. The summed E-state index contributed by atoms with van der Waals surface area (Å²) in [5.74, 6) is -1.81. The normalized spacial score (nSPS) is 17.9. The van der Waals surface area contributed by atoms with Crippen LogP contribution in [0.2, 0.25) is 0 Å². The van der Waals surface area contributed by atoms with Crippen LogP contribution in [0.15, 0.2) is 60.2 Å². The Balaban J connectivity index is 1.62. The van der Waals surface area contributed by atoms with Gasteiger partial charge in [0.15, 0.2) is 5.06 Å². The molecule has 0 saturated carbocycles. The SMILES string of the molecule is CCCOc1ccc(C2(O)OC(=O)C(c3ccc4nsnc4c3)=C2Cc2ccc(OC)s2)cc1. The maximum Gasteiger partial charge on any atom is 0.342 e. The second-order valence-electron chi connectivity index (χ2n) is 7.83. The van der Waals surface area contributed by atoms with Crippen LogP contribution >= 0.6 is 23.1 Å². The van der Waals surface area contributed by atoms with Crippen molar-refractivity contribution in [2.45, 2.75) is 25.6 Å². The molecule has 1 aliphatic heterocycles. The monoisotopic (exact) mass is 494 g/mol. The highest BCUT2D eigenvalue weighted by molar-refractivity contribution is 7.13. The number of methoxy groups -OCH3 is 1. The van der Waals surface area contributed by atoms with Crippen molar-refractivity contribution in [3.63, 3.8) is 0 Å². The number of ether oxygens (including phenoxy) is 3. The van der Waals surface area contributed by atoms with Gasteiger partial charge in [-0.15, -0.1) is 11.3 Å². The van der Waals surface area contributed by atoms with Gasteiger partial charge in [-0.3, -0.25) is 0 Å². The molecule has 174 valence electrons. The number of fused-ring (bicyclic) bond motifs is 1. The van der Waals surface area contributed by atoms with E-state index in [-0.39, 0.29) is 0 Å². The van der Waals surface area contributed by atoms with E-state index in [1.165, 1.54) is 11.3 Å². The highest BCUT2D eigenvalue weighted by atomic mass is 32.1. The summed E-state index contributed by atoms with van der Waals surface area (Å²) in [6.45, 7) is 2.63. The third-order valence-electron chi connectivity index (χ3n) is 5.61. The Bertz CT molecular complexity index is 1380. The third kappa shape index (κ3) is 4.06. The Labute approximate surface area is 204 Å². The second kappa shape index (κ2) is 9.17. The molecule has 1 unspecified atom stereocenters. The number of aliphatic hydroxyl groups is 1. The molecule has 1 N–H and O–H groups in total. The molecule has 0 amide bonds. The summed E-state index contributed by atoms with van der Waals surface area (Å²) in [6, 6.07) is 16.2. The average Bonchev–Trinajstić information content (AvgIpc) is 3.56. The molecular weight excluding hydrogens is 472 g/mol. The highest BCUT2D eigenvalue weighted by Crippen LogP contribution is 2.46. The van der Waals surface area contributed by atoms with Crippen molar-refractivity contribution < 1.29 is 24.1 Å². The summed E-state index contributed by atoms with van der Waals surface area (Å²) < 4.78 is 25.2. The van der Waals surface area contributed by atoms with E-state index in [2.05, 4.69) is 8.75 Å². The van der Waals surface area contributed by atoms with Crippen LogP contribution in [0.3, 0.4) is 0 Å². The number of cyclic esters (lactones) is 1. The lowest BCUT2D eigenvalue weighted by atomic mass is 9.89. The van der Waals surface area contributed by atoms with Gasteiger partial charge in [0.05, 0.1) is 31.0 Å². The first-order valence-corrected chi connectivity index (χ1v) is 12.3. The minimum Gasteiger partial charge on any atom is -0.494 e. The van der Waals surface area contributed by atoms with Gasteiger partial charge in [0, 0.05) is 22.4 Å². The minimum absolute atomic E-state index is 0.313. The van der Waals surface area contributed by atoms with Gasteiger partial charge in [-0.2, -0.15) is 8.75 Å². The standard InChI is InChI=1S/C25H22N2O5S2/c1-3-12-31-17-7-5-16(6-8-17)25(29)19(14-18-9-11-22(30-2)33-18)23(24(28)32-25)15-4-10-20-21(13-15)27-34-26-20/h4-11,13,29H,3,12,14H2,1-2H3. The zero-order valence-corrected chi connectivity index (χ0v) is 20.2. The fourth-order valence-electron chi connectivity index (χ4n) is 3.94. The number of benzene rings is 2. The Morgan fingerprint density at radius 2 is 1.85 bits per heavy atom. The van der Waals surface area contributed by atoms with Crippen molar-refractivity contribution in [2.24, 2.45) is 0 Å². The largest absolute Gasteiger partial charge is 0.494 e. The van der Waals surface area contributed by atoms with E-state index >= 15 is 0 Å². The number of thiophene rings is 1. The fourth-order valence-corrected chi connectivity index (χ4v) is 5.29. The third-order valence-corrected chi connectivity index (χ3v) is 7.21. The van der Waals surface area contributed by atoms with Crippen LogP contribution in [0, 0.1) is 0 Å². The van der Waals surface area contributed by atoms with E-state index in [1.54, 1.807) is 37.4 Å². The lowest BCUT2D eigenvalue weighted by Gasteiger charge is -2.25. The maximum absolute atomic E-state index is 13.2. The average molecular weight is 495 g/mol. The maximum atomic E-state index is 13.2. The number of carbonyl (C=O) groups is 1. The molecule has 9 heteroatoms. The molecule has 34 heavy (non-hydrogen) atoms. The second-order valence-corrected chi connectivity index (χ2v) is 9.49. The summed E-state index contributed by atoms with van der Waals surface area (Å²) >= 11 is 2.57. The van der Waals surface area contributed by atoms with E-state index in [9.17, 15) is 9.90 Å². The molecule has 7 nitrogen and oxygen atoms in total. The number of aromatic nitrogens is 2. The summed E-state index contributed by atoms with van der Waals surface area (Å²) in [4.78, 5) is 14.1. The molecule has 5 rings (SSSR count). The number of rotatable bonds is 8. The summed E-state index contributed by atoms with van der Waals surface area (Å²) in [5, 5.41) is 12.5. The molecule has 0 aliphatic carbocycles. The molecule has 1 atom stereocenters. The predicted molar refractivity (Wildman–Crippen MR) is 131 cm³/mol. The molecule has 0 saturated heterocycles. The van der Waals surface area contributed by atoms with Crippen molar-refractivity contribution in [3.8, 4) is 10.8 Å². The van der Waals surface area contributed by atoms with Gasteiger partial charge in [0.2, 0.25) is 0 Å². The molecule has 0 radical (unpaired) electrons. The van der Waals surface area contributed by atoms with Gasteiger partial charge < -0.3 is 19.3 Å². The van der Waals surface area contributed by atoms with Crippen molar-refractivity contribution in [1.29, 1.82) is 0 Å². The zero-order chi connectivity index (χ0) is 23.7.